The maximum absolute atomic E-state index is 13.3. The maximum Gasteiger partial charge on any atom is 0.140 e. The Morgan fingerprint density at radius 2 is 2.29 bits per heavy atom. The summed E-state index contributed by atoms with van der Waals surface area (Å²) < 4.78 is 15.2. The zero-order valence-corrected chi connectivity index (χ0v) is 9.31. The molecule has 1 unspecified atom stereocenters. The van der Waals surface area contributed by atoms with Crippen molar-refractivity contribution in [2.45, 2.75) is 25.0 Å². The van der Waals surface area contributed by atoms with E-state index in [2.05, 4.69) is 4.98 Å². The third kappa shape index (κ3) is 1.71. The Labute approximate surface area is 97.9 Å². The van der Waals surface area contributed by atoms with E-state index in [1.54, 1.807) is 6.07 Å². The van der Waals surface area contributed by atoms with Gasteiger partial charge in [-0.1, -0.05) is 0 Å². The quantitative estimate of drug-likeness (QED) is 0.847. The predicted octanol–water partition coefficient (Wildman–Crippen LogP) is 1.50. The van der Waals surface area contributed by atoms with E-state index in [4.69, 9.17) is 5.73 Å². The average molecular weight is 235 g/mol. The molecule has 1 fully saturated rings. The van der Waals surface area contributed by atoms with Crippen molar-refractivity contribution < 1.29 is 9.50 Å². The van der Waals surface area contributed by atoms with E-state index in [1.165, 1.54) is 12.1 Å². The van der Waals surface area contributed by atoms with Gasteiger partial charge in [-0.2, -0.15) is 0 Å². The zero-order chi connectivity index (χ0) is 12.0. The first-order valence-corrected chi connectivity index (χ1v) is 5.76. The molecule has 0 bridgehead atoms. The standard InChI is InChI=1S/C12H14FN3O/c13-7-1-4-9-10(5-7)16(8-2-3-8)12(15-9)11(17)6-14/h1,4-5,8,11,17H,2-3,6,14H2. The number of rotatable bonds is 3. The molecule has 1 atom stereocenters. The van der Waals surface area contributed by atoms with Gasteiger partial charge in [-0.05, 0) is 31.0 Å². The van der Waals surface area contributed by atoms with Gasteiger partial charge in [0.2, 0.25) is 0 Å². The molecule has 0 saturated heterocycles. The van der Waals surface area contributed by atoms with E-state index in [1.807, 2.05) is 4.57 Å². The smallest absolute Gasteiger partial charge is 0.140 e. The molecular weight excluding hydrogens is 221 g/mol. The molecule has 1 aliphatic rings. The van der Waals surface area contributed by atoms with E-state index >= 15 is 0 Å². The van der Waals surface area contributed by atoms with Crippen molar-refractivity contribution >= 4 is 11.0 Å². The molecule has 1 aliphatic carbocycles. The van der Waals surface area contributed by atoms with Crippen molar-refractivity contribution in [3.8, 4) is 0 Å². The maximum atomic E-state index is 13.3. The second kappa shape index (κ2) is 3.78. The number of hydrogen-bond acceptors (Lipinski definition) is 3. The number of fused-ring (bicyclic) bond motifs is 1. The SMILES string of the molecule is NCC(O)c1nc2ccc(F)cc2n1C1CC1. The van der Waals surface area contributed by atoms with Crippen molar-refractivity contribution in [1.29, 1.82) is 0 Å². The van der Waals surface area contributed by atoms with E-state index in [0.717, 1.165) is 18.4 Å². The number of aliphatic hydroxyl groups is 1. The van der Waals surface area contributed by atoms with Crippen LogP contribution in [-0.2, 0) is 0 Å². The first-order chi connectivity index (χ1) is 8.20. The summed E-state index contributed by atoms with van der Waals surface area (Å²) in [7, 11) is 0. The second-order valence-corrected chi connectivity index (χ2v) is 4.46. The van der Waals surface area contributed by atoms with Gasteiger partial charge in [0.1, 0.15) is 17.7 Å². The Hall–Kier alpha value is -1.46. The lowest BCUT2D eigenvalue weighted by Crippen LogP contribution is -2.16. The third-order valence-electron chi connectivity index (χ3n) is 3.11. The average Bonchev–Trinajstić information content (AvgIpc) is 3.09. The van der Waals surface area contributed by atoms with Crippen molar-refractivity contribution in [3.05, 3.63) is 29.8 Å². The molecule has 17 heavy (non-hydrogen) atoms. The number of nitrogens with two attached hydrogens (primary N) is 1. The minimum absolute atomic E-state index is 0.124. The predicted molar refractivity (Wildman–Crippen MR) is 62.0 cm³/mol. The highest BCUT2D eigenvalue weighted by Crippen LogP contribution is 2.39. The lowest BCUT2D eigenvalue weighted by Gasteiger charge is -2.11. The largest absolute Gasteiger partial charge is 0.384 e. The molecular formula is C12H14FN3O. The molecule has 5 heteroatoms. The minimum atomic E-state index is -0.786. The highest BCUT2D eigenvalue weighted by molar-refractivity contribution is 5.76. The van der Waals surface area contributed by atoms with Crippen LogP contribution in [0, 0.1) is 5.82 Å². The topological polar surface area (TPSA) is 64.1 Å². The number of aliphatic hydroxyl groups excluding tert-OH is 1. The lowest BCUT2D eigenvalue weighted by atomic mass is 10.3. The van der Waals surface area contributed by atoms with Crippen LogP contribution in [0.1, 0.15) is 30.8 Å². The van der Waals surface area contributed by atoms with Gasteiger partial charge < -0.3 is 15.4 Å². The van der Waals surface area contributed by atoms with Gasteiger partial charge in [-0.25, -0.2) is 9.37 Å². The van der Waals surface area contributed by atoms with Gasteiger partial charge in [0.15, 0.2) is 0 Å². The minimum Gasteiger partial charge on any atom is -0.384 e. The van der Waals surface area contributed by atoms with Gasteiger partial charge in [-0.15, -0.1) is 0 Å². The van der Waals surface area contributed by atoms with Crippen LogP contribution >= 0.6 is 0 Å². The molecule has 3 N–H and O–H groups in total. The number of hydrogen-bond donors (Lipinski definition) is 2. The summed E-state index contributed by atoms with van der Waals surface area (Å²) in [5, 5.41) is 9.86. The number of halogens is 1. The second-order valence-electron chi connectivity index (χ2n) is 4.46. The van der Waals surface area contributed by atoms with Crippen molar-refractivity contribution in [3.63, 3.8) is 0 Å². The van der Waals surface area contributed by atoms with Gasteiger partial charge in [0.05, 0.1) is 11.0 Å². The fourth-order valence-electron chi connectivity index (χ4n) is 2.14. The van der Waals surface area contributed by atoms with Crippen LogP contribution in [-0.4, -0.2) is 21.2 Å². The highest BCUT2D eigenvalue weighted by atomic mass is 19.1. The molecule has 4 nitrogen and oxygen atoms in total. The van der Waals surface area contributed by atoms with Crippen LogP contribution in [0.25, 0.3) is 11.0 Å². The Bertz CT molecular complexity index is 562. The zero-order valence-electron chi connectivity index (χ0n) is 9.31. The third-order valence-corrected chi connectivity index (χ3v) is 3.11. The molecule has 0 aliphatic heterocycles. The molecule has 3 rings (SSSR count). The first kappa shape index (κ1) is 10.7. The number of aromatic nitrogens is 2. The van der Waals surface area contributed by atoms with Crippen LogP contribution < -0.4 is 5.73 Å². The normalized spacial score (nSPS) is 17.6. The lowest BCUT2D eigenvalue weighted by molar-refractivity contribution is 0.172. The van der Waals surface area contributed by atoms with E-state index in [9.17, 15) is 9.50 Å². The number of imidazole rings is 1. The monoisotopic (exact) mass is 235 g/mol. The fourth-order valence-corrected chi connectivity index (χ4v) is 2.14. The summed E-state index contributed by atoms with van der Waals surface area (Å²) in [6.07, 6.45) is 1.31. The number of benzene rings is 1. The molecule has 1 aromatic carbocycles. The van der Waals surface area contributed by atoms with Gasteiger partial charge in [0.25, 0.3) is 0 Å². The molecule has 2 aromatic rings. The van der Waals surface area contributed by atoms with E-state index < -0.39 is 6.10 Å². The van der Waals surface area contributed by atoms with Crippen molar-refractivity contribution in [2.75, 3.05) is 6.54 Å². The molecule has 1 saturated carbocycles. The highest BCUT2D eigenvalue weighted by Gasteiger charge is 2.30. The Morgan fingerprint density at radius 1 is 1.53 bits per heavy atom. The Morgan fingerprint density at radius 3 is 2.94 bits per heavy atom. The molecule has 0 spiro atoms. The summed E-state index contributed by atoms with van der Waals surface area (Å²) in [6, 6.07) is 4.81. The Kier molecular flexibility index (Phi) is 2.38. The number of nitrogens with zero attached hydrogens (tertiary/aromatic N) is 2. The van der Waals surface area contributed by atoms with Gasteiger partial charge in [0, 0.05) is 12.6 Å². The summed E-state index contributed by atoms with van der Waals surface area (Å²) in [5.41, 5.74) is 6.92. The van der Waals surface area contributed by atoms with Crippen LogP contribution in [0.4, 0.5) is 4.39 Å². The summed E-state index contributed by atoms with van der Waals surface area (Å²) in [4.78, 5) is 4.35. The summed E-state index contributed by atoms with van der Waals surface area (Å²) >= 11 is 0. The van der Waals surface area contributed by atoms with Gasteiger partial charge in [-0.3, -0.25) is 0 Å². The van der Waals surface area contributed by atoms with Crippen LogP contribution in [0.5, 0.6) is 0 Å². The molecule has 0 amide bonds. The van der Waals surface area contributed by atoms with Crippen LogP contribution in [0.15, 0.2) is 18.2 Å². The van der Waals surface area contributed by atoms with E-state index in [-0.39, 0.29) is 12.4 Å². The molecule has 90 valence electrons. The first-order valence-electron chi connectivity index (χ1n) is 5.76. The molecule has 1 heterocycles. The molecule has 0 radical (unpaired) electrons. The van der Waals surface area contributed by atoms with Crippen LogP contribution in [0.3, 0.4) is 0 Å². The van der Waals surface area contributed by atoms with Crippen LogP contribution in [0.2, 0.25) is 0 Å². The van der Waals surface area contributed by atoms with Gasteiger partial charge >= 0.3 is 0 Å². The van der Waals surface area contributed by atoms with Crippen molar-refractivity contribution in [1.82, 2.24) is 9.55 Å². The summed E-state index contributed by atoms with van der Waals surface area (Å²) in [5.74, 6) is 0.267. The fraction of sp³-hybridized carbons (Fsp3) is 0.417. The molecule has 1 aromatic heterocycles. The summed E-state index contributed by atoms with van der Waals surface area (Å²) in [6.45, 7) is 0.124. The Balaban J connectivity index is 2.23. The van der Waals surface area contributed by atoms with Crippen molar-refractivity contribution in [2.24, 2.45) is 5.73 Å². The van der Waals surface area contributed by atoms with E-state index in [0.29, 0.717) is 17.4 Å².